The molecule has 0 atom stereocenters. The molecule has 0 aliphatic carbocycles. The van der Waals surface area contributed by atoms with Crippen LogP contribution in [0.1, 0.15) is 6.42 Å². The zero-order chi connectivity index (χ0) is 25.9. The molecule has 0 aromatic carbocycles. The zero-order valence-electron chi connectivity index (χ0n) is 18.2. The average molecular weight is 568 g/mol. The van der Waals surface area contributed by atoms with Crippen LogP contribution in [0.15, 0.2) is 73.3 Å². The van der Waals surface area contributed by atoms with Crippen molar-refractivity contribution in [3.63, 3.8) is 0 Å². The fraction of sp³-hybridized carbons (Fsp3) is 0.158. The summed E-state index contributed by atoms with van der Waals surface area (Å²) in [5.74, 6) is 0. The third-order valence-corrected chi connectivity index (χ3v) is 3.91. The summed E-state index contributed by atoms with van der Waals surface area (Å²) in [5.41, 5.74) is 3.59. The van der Waals surface area contributed by atoms with Crippen LogP contribution in [0.3, 0.4) is 0 Å². The minimum atomic E-state index is -6.00. The quantitative estimate of drug-likeness (QED) is 0.215. The molecule has 0 fully saturated rings. The standard InChI is InChI=1S/C19H18N6.2BF4.Cu/c1-3-10-20-16(6-1)18-8-14-24(22-18)12-5-13-25-15-9-19(23-25)17-7-2-4-11-21-17;2*2-1(3,4)5;/h1-4,6-11,14-15H,5,12-13H2;;;/q;2*-1;+2. The van der Waals surface area contributed by atoms with Crippen LogP contribution < -0.4 is 0 Å². The van der Waals surface area contributed by atoms with E-state index >= 15 is 0 Å². The van der Waals surface area contributed by atoms with Crippen molar-refractivity contribution < 1.29 is 51.6 Å². The van der Waals surface area contributed by atoms with E-state index in [4.69, 9.17) is 0 Å². The van der Waals surface area contributed by atoms with Crippen LogP contribution in [0.2, 0.25) is 0 Å². The molecule has 0 unspecified atom stereocenters. The fourth-order valence-electron chi connectivity index (χ4n) is 2.67. The van der Waals surface area contributed by atoms with Crippen LogP contribution >= 0.6 is 0 Å². The topological polar surface area (TPSA) is 61.4 Å². The van der Waals surface area contributed by atoms with Gasteiger partial charge in [-0.1, -0.05) is 12.1 Å². The Bertz CT molecular complexity index is 1040. The van der Waals surface area contributed by atoms with Crippen molar-refractivity contribution in [3.05, 3.63) is 73.3 Å². The summed E-state index contributed by atoms with van der Waals surface area (Å²) in [5, 5.41) is 9.16. The minimum absolute atomic E-state index is 0. The van der Waals surface area contributed by atoms with E-state index in [2.05, 4.69) is 20.2 Å². The van der Waals surface area contributed by atoms with Crippen LogP contribution in [-0.4, -0.2) is 44.0 Å². The number of aromatic nitrogens is 6. The molecule has 6 nitrogen and oxygen atoms in total. The van der Waals surface area contributed by atoms with Gasteiger partial charge in [-0.25, -0.2) is 0 Å². The van der Waals surface area contributed by atoms with Crippen molar-refractivity contribution in [2.75, 3.05) is 0 Å². The van der Waals surface area contributed by atoms with Gasteiger partial charge in [0.15, 0.2) is 0 Å². The number of rotatable bonds is 6. The van der Waals surface area contributed by atoms with Crippen molar-refractivity contribution in [3.8, 4) is 22.8 Å². The Labute approximate surface area is 211 Å². The zero-order valence-corrected chi connectivity index (χ0v) is 19.2. The summed E-state index contributed by atoms with van der Waals surface area (Å²) in [6, 6.07) is 15.7. The molecule has 17 heteroatoms. The molecule has 0 amide bonds. The first kappa shape index (κ1) is 30.8. The second kappa shape index (κ2) is 14.4. The second-order valence-corrected chi connectivity index (χ2v) is 6.70. The van der Waals surface area contributed by atoms with Gasteiger partial charge in [-0.3, -0.25) is 19.3 Å². The molecule has 0 bridgehead atoms. The van der Waals surface area contributed by atoms with Crippen LogP contribution in [0.25, 0.3) is 22.8 Å². The van der Waals surface area contributed by atoms with Gasteiger partial charge in [0.25, 0.3) is 0 Å². The molecule has 197 valence electrons. The Kier molecular flexibility index (Phi) is 12.3. The first-order valence-corrected chi connectivity index (χ1v) is 10.0. The predicted octanol–water partition coefficient (Wildman–Crippen LogP) is 5.89. The normalized spacial score (nSPS) is 10.9. The molecule has 0 spiro atoms. The summed E-state index contributed by atoms with van der Waals surface area (Å²) in [7, 11) is -12.0. The van der Waals surface area contributed by atoms with Gasteiger partial charge in [-0.15, -0.1) is 0 Å². The van der Waals surface area contributed by atoms with E-state index in [9.17, 15) is 34.5 Å². The molecular formula is C19H18B2CuF8N6. The molecular weight excluding hydrogens is 549 g/mol. The van der Waals surface area contributed by atoms with Crippen molar-refractivity contribution >= 4 is 14.5 Å². The summed E-state index contributed by atoms with van der Waals surface area (Å²) in [6.07, 6.45) is 8.50. The fourth-order valence-corrected chi connectivity index (χ4v) is 2.67. The number of pyridine rings is 2. The number of aryl methyl sites for hydroxylation is 2. The Morgan fingerprint density at radius 3 is 1.22 bits per heavy atom. The van der Waals surface area contributed by atoms with E-state index in [1.54, 1.807) is 12.4 Å². The monoisotopic (exact) mass is 567 g/mol. The van der Waals surface area contributed by atoms with Gasteiger partial charge >= 0.3 is 31.6 Å². The Hall–Kier alpha value is -3.19. The third kappa shape index (κ3) is 13.6. The molecule has 0 N–H and O–H groups in total. The summed E-state index contributed by atoms with van der Waals surface area (Å²) in [4.78, 5) is 8.65. The summed E-state index contributed by atoms with van der Waals surface area (Å²) in [6.45, 7) is 1.68. The molecule has 0 aliphatic heterocycles. The number of halogens is 8. The van der Waals surface area contributed by atoms with Crippen molar-refractivity contribution in [2.45, 2.75) is 19.5 Å². The molecule has 4 aromatic rings. The maximum Gasteiger partial charge on any atom is 2.00 e. The van der Waals surface area contributed by atoms with Crippen molar-refractivity contribution in [2.24, 2.45) is 0 Å². The van der Waals surface area contributed by atoms with Gasteiger partial charge in [0.2, 0.25) is 0 Å². The van der Waals surface area contributed by atoms with Crippen LogP contribution in [0.5, 0.6) is 0 Å². The van der Waals surface area contributed by atoms with E-state index in [0.717, 1.165) is 42.3 Å². The minimum Gasteiger partial charge on any atom is -0.418 e. The average Bonchev–Trinajstić information content (AvgIpc) is 3.43. The van der Waals surface area contributed by atoms with Crippen LogP contribution in [0, 0.1) is 0 Å². The molecule has 36 heavy (non-hydrogen) atoms. The second-order valence-electron chi connectivity index (χ2n) is 6.70. The molecule has 0 saturated carbocycles. The smallest absolute Gasteiger partial charge is 0.418 e. The van der Waals surface area contributed by atoms with E-state index in [1.807, 2.05) is 70.3 Å². The molecule has 4 rings (SSSR count). The molecule has 0 aliphatic rings. The van der Waals surface area contributed by atoms with E-state index in [-0.39, 0.29) is 17.1 Å². The predicted molar refractivity (Wildman–Crippen MR) is 116 cm³/mol. The Morgan fingerprint density at radius 2 is 0.917 bits per heavy atom. The van der Waals surface area contributed by atoms with Gasteiger partial charge in [0.1, 0.15) is 11.4 Å². The first-order valence-electron chi connectivity index (χ1n) is 10.0. The van der Waals surface area contributed by atoms with Gasteiger partial charge in [0.05, 0.1) is 11.4 Å². The van der Waals surface area contributed by atoms with Crippen molar-refractivity contribution in [1.29, 1.82) is 0 Å². The van der Waals surface area contributed by atoms with Gasteiger partial charge in [-0.05, 0) is 42.8 Å². The number of hydrogen-bond donors (Lipinski definition) is 0. The van der Waals surface area contributed by atoms with Crippen LogP contribution in [0.4, 0.5) is 34.5 Å². The third-order valence-electron chi connectivity index (χ3n) is 3.91. The Morgan fingerprint density at radius 1 is 0.556 bits per heavy atom. The summed E-state index contributed by atoms with van der Waals surface area (Å²) < 4.78 is 81.9. The van der Waals surface area contributed by atoms with Gasteiger partial charge in [0, 0.05) is 37.9 Å². The SMILES string of the molecule is F[B-](F)(F)F.F[B-](F)(F)F.[Cu+2].c1ccc(-c2ccn(CCCn3ccc(-c4ccccn4)n3)n2)nc1. The van der Waals surface area contributed by atoms with E-state index in [1.165, 1.54) is 0 Å². The summed E-state index contributed by atoms with van der Waals surface area (Å²) >= 11 is 0. The number of hydrogen-bond acceptors (Lipinski definition) is 4. The molecule has 0 saturated heterocycles. The van der Waals surface area contributed by atoms with Gasteiger partial charge < -0.3 is 34.5 Å². The van der Waals surface area contributed by atoms with E-state index in [0.29, 0.717) is 0 Å². The maximum atomic E-state index is 9.75. The van der Waals surface area contributed by atoms with Gasteiger partial charge in [-0.2, -0.15) is 10.2 Å². The molecule has 1 radical (unpaired) electrons. The van der Waals surface area contributed by atoms with E-state index < -0.39 is 14.5 Å². The molecule has 4 aromatic heterocycles. The molecule has 4 heterocycles. The number of nitrogens with zero attached hydrogens (tertiary/aromatic N) is 6. The van der Waals surface area contributed by atoms with Crippen LogP contribution in [-0.2, 0) is 30.2 Å². The Balaban J connectivity index is 0.000000505. The maximum absolute atomic E-state index is 9.75. The first-order chi connectivity index (χ1) is 16.4. The van der Waals surface area contributed by atoms with Crippen molar-refractivity contribution in [1.82, 2.24) is 29.5 Å². The largest absolute Gasteiger partial charge is 2.00 e.